The lowest BCUT2D eigenvalue weighted by Gasteiger charge is -2.09. The van der Waals surface area contributed by atoms with Gasteiger partial charge in [-0.3, -0.25) is 14.9 Å². The number of hydrogen-bond donors (Lipinski definition) is 1. The summed E-state index contributed by atoms with van der Waals surface area (Å²) >= 11 is 0. The van der Waals surface area contributed by atoms with E-state index in [0.717, 1.165) is 11.3 Å². The number of amides is 2. The number of hydrogen-bond acceptors (Lipinski definition) is 3. The summed E-state index contributed by atoms with van der Waals surface area (Å²) in [7, 11) is 0. The van der Waals surface area contributed by atoms with Crippen molar-refractivity contribution in [3.05, 3.63) is 35.4 Å². The number of nitrogens with one attached hydrogen (secondary N) is 1. The third kappa shape index (κ3) is 2.97. The number of benzene rings is 1. The van der Waals surface area contributed by atoms with Gasteiger partial charge in [-0.1, -0.05) is 12.1 Å². The monoisotopic (exact) mass is 245 g/mol. The Kier molecular flexibility index (Phi) is 3.46. The van der Waals surface area contributed by atoms with Crippen molar-refractivity contribution in [3.8, 4) is 5.75 Å². The highest BCUT2D eigenvalue weighted by Gasteiger charge is 2.23. The molecule has 0 unspecified atom stereocenters. The van der Waals surface area contributed by atoms with Gasteiger partial charge in [-0.25, -0.2) is 0 Å². The lowest BCUT2D eigenvalue weighted by Crippen LogP contribution is -2.19. The van der Waals surface area contributed by atoms with Crippen molar-refractivity contribution in [1.82, 2.24) is 5.32 Å². The van der Waals surface area contributed by atoms with Crippen molar-refractivity contribution in [2.75, 3.05) is 0 Å². The smallest absolute Gasteiger partial charge is 0.254 e. The van der Waals surface area contributed by atoms with Gasteiger partial charge in [0.15, 0.2) is 0 Å². The zero-order valence-corrected chi connectivity index (χ0v) is 10.4. The van der Waals surface area contributed by atoms with Crippen LogP contribution in [0.4, 0.5) is 0 Å². The Hall–Kier alpha value is -2.10. The highest BCUT2D eigenvalue weighted by molar-refractivity contribution is 6.15. The number of carbonyl (C=O) groups excluding carboxylic acids is 2. The first-order chi connectivity index (χ1) is 8.54. The molecular formula is C14H15NO3. The summed E-state index contributed by atoms with van der Waals surface area (Å²) in [6.45, 7) is 3.93. The maximum absolute atomic E-state index is 11.4. The van der Waals surface area contributed by atoms with E-state index in [1.165, 1.54) is 0 Å². The van der Waals surface area contributed by atoms with Crippen LogP contribution in [0.2, 0.25) is 0 Å². The van der Waals surface area contributed by atoms with Gasteiger partial charge in [0.1, 0.15) is 5.75 Å². The number of carbonyl (C=O) groups is 2. The molecule has 0 spiro atoms. The zero-order chi connectivity index (χ0) is 13.1. The van der Waals surface area contributed by atoms with Gasteiger partial charge in [0, 0.05) is 5.57 Å². The largest absolute Gasteiger partial charge is 0.491 e. The van der Waals surface area contributed by atoms with Crippen LogP contribution in [0, 0.1) is 0 Å². The van der Waals surface area contributed by atoms with Crippen molar-refractivity contribution in [2.45, 2.75) is 26.4 Å². The maximum atomic E-state index is 11.4. The Balaban J connectivity index is 2.13. The van der Waals surface area contributed by atoms with E-state index in [9.17, 15) is 9.59 Å². The fraction of sp³-hybridized carbons (Fsp3) is 0.286. The van der Waals surface area contributed by atoms with E-state index < -0.39 is 0 Å². The normalized spacial score (nSPS) is 17.4. The quantitative estimate of drug-likeness (QED) is 0.653. The van der Waals surface area contributed by atoms with Crippen LogP contribution < -0.4 is 10.1 Å². The molecule has 1 aliphatic rings. The lowest BCUT2D eigenvalue weighted by atomic mass is 10.1. The molecule has 0 aliphatic carbocycles. The molecule has 2 amide bonds. The Morgan fingerprint density at radius 2 is 1.89 bits per heavy atom. The summed E-state index contributed by atoms with van der Waals surface area (Å²) in [5.41, 5.74) is 1.38. The summed E-state index contributed by atoms with van der Waals surface area (Å²) < 4.78 is 5.52. The Morgan fingerprint density at radius 3 is 2.39 bits per heavy atom. The predicted molar refractivity (Wildman–Crippen MR) is 67.9 cm³/mol. The minimum atomic E-state index is -0.303. The molecule has 1 fully saturated rings. The van der Waals surface area contributed by atoms with E-state index in [2.05, 4.69) is 5.32 Å². The highest BCUT2D eigenvalue weighted by Crippen LogP contribution is 2.18. The average molecular weight is 245 g/mol. The molecule has 1 heterocycles. The van der Waals surface area contributed by atoms with Crippen LogP contribution in [0.1, 0.15) is 25.8 Å². The van der Waals surface area contributed by atoms with Gasteiger partial charge < -0.3 is 4.74 Å². The van der Waals surface area contributed by atoms with Gasteiger partial charge in [-0.15, -0.1) is 0 Å². The van der Waals surface area contributed by atoms with Crippen LogP contribution >= 0.6 is 0 Å². The molecule has 0 radical (unpaired) electrons. The fourth-order valence-electron chi connectivity index (χ4n) is 1.74. The molecule has 1 aliphatic heterocycles. The molecule has 94 valence electrons. The van der Waals surface area contributed by atoms with E-state index in [-0.39, 0.29) is 24.3 Å². The van der Waals surface area contributed by atoms with Gasteiger partial charge in [-0.05, 0) is 37.6 Å². The zero-order valence-electron chi connectivity index (χ0n) is 10.4. The second-order valence-electron chi connectivity index (χ2n) is 4.46. The minimum Gasteiger partial charge on any atom is -0.491 e. The van der Waals surface area contributed by atoms with Gasteiger partial charge in [0.25, 0.3) is 5.91 Å². The number of rotatable bonds is 3. The summed E-state index contributed by atoms with van der Waals surface area (Å²) in [5, 5.41) is 2.25. The summed E-state index contributed by atoms with van der Waals surface area (Å²) in [4.78, 5) is 22.4. The first-order valence-electron chi connectivity index (χ1n) is 5.86. The fourth-order valence-corrected chi connectivity index (χ4v) is 1.74. The van der Waals surface area contributed by atoms with Crippen LogP contribution in [-0.2, 0) is 9.59 Å². The third-order valence-corrected chi connectivity index (χ3v) is 2.49. The van der Waals surface area contributed by atoms with Gasteiger partial charge in [0.05, 0.1) is 12.5 Å². The standard InChI is InChI=1S/C14H15NO3/c1-9(2)18-12-5-3-10(4-6-12)7-11-8-13(16)15-14(11)17/h3-7,9H,8H2,1-2H3,(H,15,16,17). The van der Waals surface area contributed by atoms with Crippen molar-refractivity contribution in [3.63, 3.8) is 0 Å². The molecule has 4 nitrogen and oxygen atoms in total. The summed E-state index contributed by atoms with van der Waals surface area (Å²) in [6, 6.07) is 7.42. The second-order valence-corrected chi connectivity index (χ2v) is 4.46. The highest BCUT2D eigenvalue weighted by atomic mass is 16.5. The van der Waals surface area contributed by atoms with E-state index in [1.54, 1.807) is 6.08 Å². The van der Waals surface area contributed by atoms with E-state index in [1.807, 2.05) is 38.1 Å². The van der Waals surface area contributed by atoms with Crippen molar-refractivity contribution >= 4 is 17.9 Å². The molecular weight excluding hydrogens is 230 g/mol. The first kappa shape index (κ1) is 12.4. The van der Waals surface area contributed by atoms with Crippen LogP contribution in [0.5, 0.6) is 5.75 Å². The second kappa shape index (κ2) is 5.04. The van der Waals surface area contributed by atoms with Crippen LogP contribution in [0.15, 0.2) is 29.8 Å². The lowest BCUT2D eigenvalue weighted by molar-refractivity contribution is -0.124. The van der Waals surface area contributed by atoms with Crippen LogP contribution in [0.3, 0.4) is 0 Å². The molecule has 4 heteroatoms. The molecule has 1 saturated heterocycles. The van der Waals surface area contributed by atoms with Crippen LogP contribution in [0.25, 0.3) is 6.08 Å². The van der Waals surface area contributed by atoms with Crippen molar-refractivity contribution in [1.29, 1.82) is 0 Å². The van der Waals surface area contributed by atoms with E-state index >= 15 is 0 Å². The predicted octanol–water partition coefficient (Wildman–Crippen LogP) is 1.90. The van der Waals surface area contributed by atoms with Crippen LogP contribution in [-0.4, -0.2) is 17.9 Å². The molecule has 2 rings (SSSR count). The SMILES string of the molecule is CC(C)Oc1ccc(C=C2CC(=O)NC2=O)cc1. The maximum Gasteiger partial charge on any atom is 0.254 e. The van der Waals surface area contributed by atoms with Gasteiger partial charge >= 0.3 is 0 Å². The topological polar surface area (TPSA) is 55.4 Å². The van der Waals surface area contributed by atoms with E-state index in [0.29, 0.717) is 5.57 Å². The molecule has 0 saturated carbocycles. The molecule has 18 heavy (non-hydrogen) atoms. The third-order valence-electron chi connectivity index (χ3n) is 2.49. The molecule has 0 atom stereocenters. The minimum absolute atomic E-state index is 0.132. The molecule has 0 bridgehead atoms. The number of ether oxygens (including phenoxy) is 1. The Morgan fingerprint density at radius 1 is 1.22 bits per heavy atom. The summed E-state index contributed by atoms with van der Waals surface area (Å²) in [6.07, 6.45) is 2.01. The Bertz CT molecular complexity index is 500. The van der Waals surface area contributed by atoms with Crippen molar-refractivity contribution in [2.24, 2.45) is 0 Å². The molecule has 0 aromatic heterocycles. The Labute approximate surface area is 106 Å². The number of imide groups is 1. The molecule has 1 N–H and O–H groups in total. The van der Waals surface area contributed by atoms with Gasteiger partial charge in [0.2, 0.25) is 5.91 Å². The first-order valence-corrected chi connectivity index (χ1v) is 5.86. The summed E-state index contributed by atoms with van der Waals surface area (Å²) in [5.74, 6) is 0.243. The van der Waals surface area contributed by atoms with Gasteiger partial charge in [-0.2, -0.15) is 0 Å². The van der Waals surface area contributed by atoms with E-state index in [4.69, 9.17) is 4.74 Å². The average Bonchev–Trinajstić information content (AvgIpc) is 2.59. The van der Waals surface area contributed by atoms with Crippen molar-refractivity contribution < 1.29 is 14.3 Å². The molecule has 1 aromatic rings. The molecule has 1 aromatic carbocycles.